The standard InChI is InChI=1S/C54H72O13P2.2H3P.4V/c1-41(55)29-45-5-9-47(10-6-45)31-59-21-23-63-35-53(66-27-25-61-33-48-11-7-46(8-12-48)30-42(2)56)37-65-38-54(67-28-26-62-34-50-15-19-52(20-16-50)40-69-44(4)58)36-64-24-22-60-32-49-13-17-51(18-14-49)39-68-43(3)57;;;;;;/h5-20,53-54,68-69H,21-40H2,1-4H3;2*1H3;;;;. The van der Waals surface area contributed by atoms with Gasteiger partial charge in [-0.1, -0.05) is 97.1 Å². The van der Waals surface area contributed by atoms with Crippen LogP contribution in [0.25, 0.3) is 0 Å². The molecule has 0 amide bonds. The van der Waals surface area contributed by atoms with Crippen molar-refractivity contribution in [1.29, 1.82) is 0 Å². The van der Waals surface area contributed by atoms with Crippen LogP contribution in [-0.4, -0.2) is 114 Å². The van der Waals surface area contributed by atoms with Gasteiger partial charge in [0, 0.05) is 87.1 Å². The fourth-order valence-corrected chi connectivity index (χ4v) is 8.01. The molecule has 0 bridgehead atoms. The van der Waals surface area contributed by atoms with Gasteiger partial charge in [0.15, 0.2) is 0 Å². The summed E-state index contributed by atoms with van der Waals surface area (Å²) < 4.78 is 54.2. The SMILES string of the molecule is CC(=O)Cc1ccc(COCCOCC(COCC(COCCOCc2ccc(CPC(C)=O)cc2)OCCOCc2ccc(CPC(C)=O)cc2)OCCOCc2ccc(CC(C)=O)cc2)cc1.P.P.[V].[V].[V].[V]. The van der Waals surface area contributed by atoms with Crippen LogP contribution < -0.4 is 0 Å². The number of ketones is 2. The Morgan fingerprint density at radius 1 is 0.347 bits per heavy atom. The van der Waals surface area contributed by atoms with Gasteiger partial charge in [0.25, 0.3) is 0 Å². The molecule has 0 saturated carbocycles. The maximum Gasteiger partial charge on any atom is 0.148 e. The number of rotatable bonds is 40. The summed E-state index contributed by atoms with van der Waals surface area (Å²) in [5.41, 5.74) is 8.75. The average Bonchev–Trinajstić information content (AvgIpc) is 3.33. The molecule has 0 saturated heterocycles. The van der Waals surface area contributed by atoms with E-state index < -0.39 is 12.2 Å². The van der Waals surface area contributed by atoms with Gasteiger partial charge in [0.2, 0.25) is 0 Å². The van der Waals surface area contributed by atoms with Crippen molar-refractivity contribution in [2.45, 2.75) is 91.5 Å². The molecule has 4 radical (unpaired) electrons. The van der Waals surface area contributed by atoms with Crippen molar-refractivity contribution in [2.24, 2.45) is 0 Å². The van der Waals surface area contributed by atoms with E-state index in [1.54, 1.807) is 27.7 Å². The second-order valence-corrected chi connectivity index (χ2v) is 19.5. The Labute approximate surface area is 504 Å². The third-order valence-electron chi connectivity index (χ3n) is 10.3. The normalized spacial score (nSPS) is 11.6. The monoisotopic (exact) mass is 1260 g/mol. The number of carbonyl (C=O) groups excluding carboxylic acids is 4. The third kappa shape index (κ3) is 39.3. The van der Waals surface area contributed by atoms with Crippen molar-refractivity contribution < 1.29 is 136 Å². The van der Waals surface area contributed by atoms with E-state index in [1.165, 1.54) is 0 Å². The molecule has 21 heteroatoms. The topological polar surface area (TPSA) is 151 Å². The zero-order valence-corrected chi connectivity index (χ0v) is 54.5. The summed E-state index contributed by atoms with van der Waals surface area (Å²) in [7, 11) is 0.566. The van der Waals surface area contributed by atoms with E-state index in [4.69, 9.17) is 42.6 Å². The fraction of sp³-hybridized carbons (Fsp3) is 0.481. The van der Waals surface area contributed by atoms with Crippen molar-refractivity contribution in [2.75, 3.05) is 79.3 Å². The van der Waals surface area contributed by atoms with Crippen LogP contribution in [-0.2, 0) is 188 Å². The Bertz CT molecular complexity index is 2080. The first-order chi connectivity index (χ1) is 33.5. The Morgan fingerprint density at radius 2 is 0.587 bits per heavy atom. The minimum atomic E-state index is -0.399. The number of benzene rings is 4. The van der Waals surface area contributed by atoms with E-state index in [9.17, 15) is 19.2 Å². The van der Waals surface area contributed by atoms with Crippen LogP contribution in [0.1, 0.15) is 72.2 Å². The van der Waals surface area contributed by atoms with Crippen molar-refractivity contribution in [3.05, 3.63) is 142 Å². The van der Waals surface area contributed by atoms with Gasteiger partial charge in [-0.3, -0.25) is 19.2 Å². The Hall–Kier alpha value is -0.742. The molecule has 0 N–H and O–H groups in total. The number of hydrogen-bond donors (Lipinski definition) is 0. The molecule has 75 heavy (non-hydrogen) atoms. The molecule has 0 spiro atoms. The molecule has 412 valence electrons. The molecule has 0 aliphatic heterocycles. The smallest absolute Gasteiger partial charge is 0.148 e. The zero-order valence-electron chi connectivity index (χ0n) is 44.0. The summed E-state index contributed by atoms with van der Waals surface area (Å²) in [6, 6.07) is 31.9. The van der Waals surface area contributed by atoms with Crippen molar-refractivity contribution in [1.82, 2.24) is 0 Å². The summed E-state index contributed by atoms with van der Waals surface area (Å²) in [6.07, 6.45) is 1.56. The molecule has 0 aliphatic rings. The molecule has 6 atom stereocenters. The van der Waals surface area contributed by atoms with E-state index in [1.807, 2.05) is 97.1 Å². The van der Waals surface area contributed by atoms with Crippen LogP contribution in [0.4, 0.5) is 0 Å². The first-order valence-electron chi connectivity index (χ1n) is 23.6. The molecule has 0 aromatic heterocycles. The second-order valence-electron chi connectivity index (χ2n) is 16.7. The average molecular weight is 1260 g/mol. The van der Waals surface area contributed by atoms with Gasteiger partial charge in [-0.2, -0.15) is 19.8 Å². The number of hydrogen-bond acceptors (Lipinski definition) is 13. The van der Waals surface area contributed by atoms with Gasteiger partial charge >= 0.3 is 0 Å². The quantitative estimate of drug-likeness (QED) is 0.0310. The Balaban J connectivity index is -0.00000864. The third-order valence-corrected chi connectivity index (χ3v) is 12.4. The molecule has 4 rings (SSSR count). The Kier molecular flexibility index (Phi) is 51.4. The van der Waals surface area contributed by atoms with Gasteiger partial charge in [-0.15, -0.1) is 0 Å². The largest absolute Gasteiger partial charge is 0.376 e. The molecule has 0 aliphatic carbocycles. The van der Waals surface area contributed by atoms with E-state index >= 15 is 0 Å². The summed E-state index contributed by atoms with van der Waals surface area (Å²) in [5, 5.41) is 0. The molecular weight excluding hydrogens is 1180 g/mol. The fourth-order valence-electron chi connectivity index (χ4n) is 6.63. The summed E-state index contributed by atoms with van der Waals surface area (Å²) in [6.45, 7) is 12.1. The summed E-state index contributed by atoms with van der Waals surface area (Å²) in [5.74, 6) is 0.251. The van der Waals surface area contributed by atoms with Crippen molar-refractivity contribution in [3.63, 3.8) is 0 Å². The van der Waals surface area contributed by atoms with Crippen LogP contribution in [0.2, 0.25) is 0 Å². The first-order valence-corrected chi connectivity index (χ1v) is 26.0. The van der Waals surface area contributed by atoms with Gasteiger partial charge in [0.1, 0.15) is 34.8 Å². The molecule has 6 unspecified atom stereocenters. The minimum absolute atomic E-state index is 0. The van der Waals surface area contributed by atoms with Crippen LogP contribution in [0.3, 0.4) is 0 Å². The molecule has 13 nitrogen and oxygen atoms in total. The van der Waals surface area contributed by atoms with Gasteiger partial charge in [0.05, 0.1) is 106 Å². The Morgan fingerprint density at radius 3 is 0.867 bits per heavy atom. The predicted octanol–water partition coefficient (Wildman–Crippen LogP) is 8.49. The predicted molar refractivity (Wildman–Crippen MR) is 293 cm³/mol. The molecule has 4 aromatic carbocycles. The van der Waals surface area contributed by atoms with Crippen LogP contribution in [0, 0.1) is 0 Å². The number of carbonyl (C=O) groups is 4. The second kappa shape index (κ2) is 49.1. The molecule has 4 aromatic rings. The zero-order chi connectivity index (χ0) is 49.3. The van der Waals surface area contributed by atoms with Crippen LogP contribution in [0.15, 0.2) is 97.1 Å². The van der Waals surface area contributed by atoms with Gasteiger partial charge in [-0.05, 0) is 102 Å². The number of ether oxygens (including phenoxy) is 9. The van der Waals surface area contributed by atoms with Crippen molar-refractivity contribution >= 4 is 59.6 Å². The van der Waals surface area contributed by atoms with E-state index in [2.05, 4.69) is 0 Å². The van der Waals surface area contributed by atoms with Crippen molar-refractivity contribution in [3.8, 4) is 0 Å². The van der Waals surface area contributed by atoms with E-state index in [-0.39, 0.29) is 160 Å². The minimum Gasteiger partial charge on any atom is -0.376 e. The maximum absolute atomic E-state index is 11.5. The molecule has 0 heterocycles. The van der Waals surface area contributed by atoms with Crippen LogP contribution >= 0.6 is 37.0 Å². The number of Topliss-reactive ketones (excluding diaryl/α,β-unsaturated/α-hetero) is 2. The maximum atomic E-state index is 11.5. The first kappa shape index (κ1) is 78.5. The van der Waals surface area contributed by atoms with E-state index in [0.717, 1.165) is 56.8 Å². The van der Waals surface area contributed by atoms with Crippen LogP contribution in [0.5, 0.6) is 0 Å². The summed E-state index contributed by atoms with van der Waals surface area (Å²) >= 11 is 0. The van der Waals surface area contributed by atoms with Gasteiger partial charge < -0.3 is 42.6 Å². The molecule has 0 fully saturated rings. The van der Waals surface area contributed by atoms with E-state index in [0.29, 0.717) is 92.1 Å². The molecular formula is C54H78O13P4V4. The van der Waals surface area contributed by atoms with Gasteiger partial charge in [-0.25, -0.2) is 0 Å². The summed E-state index contributed by atoms with van der Waals surface area (Å²) in [4.78, 5) is 45.6.